The van der Waals surface area contributed by atoms with Crippen molar-refractivity contribution in [3.63, 3.8) is 0 Å². The van der Waals surface area contributed by atoms with E-state index in [1.165, 1.54) is 0 Å². The molecule has 0 aliphatic heterocycles. The monoisotopic (exact) mass is 366 g/mol. The number of hydrogen-bond acceptors (Lipinski definition) is 4. The molecule has 0 saturated heterocycles. The molecule has 15 heavy (non-hydrogen) atoms. The summed E-state index contributed by atoms with van der Waals surface area (Å²) in [7, 11) is -5.17. The van der Waals surface area contributed by atoms with E-state index in [1.807, 2.05) is 0 Å². The summed E-state index contributed by atoms with van der Waals surface area (Å²) in [5.41, 5.74) is 18.9. The molecule has 96 valence electrons. The van der Waals surface area contributed by atoms with Crippen molar-refractivity contribution in [2.45, 2.75) is 45.7 Å². The zero-order chi connectivity index (χ0) is 13.5. The summed E-state index contributed by atoms with van der Waals surface area (Å²) in [4.78, 5) is 0. The maximum Gasteiger partial charge on any atom is 0.0311 e. The first-order chi connectivity index (χ1) is 6.00. The average molecular weight is 366 g/mol. The van der Waals surface area contributed by atoms with Crippen LogP contribution < -0.4 is 0 Å². The fourth-order valence-electron chi connectivity index (χ4n) is 0. The molecule has 0 aromatic rings. The van der Waals surface area contributed by atoms with E-state index in [4.69, 9.17) is 17.5 Å². The Bertz CT molecular complexity index is 204. The van der Waals surface area contributed by atoms with Crippen LogP contribution in [0.4, 0.5) is 0 Å². The van der Waals surface area contributed by atoms with Crippen molar-refractivity contribution in [2.75, 3.05) is 0 Å². The minimum atomic E-state index is -5.17. The molecule has 7 heteroatoms. The topological polar surface area (TPSA) is 80.3 Å². The Morgan fingerprint density at radius 3 is 0.667 bits per heavy atom. The van der Waals surface area contributed by atoms with E-state index in [9.17, 15) is 0 Å². The zero-order valence-corrected chi connectivity index (χ0v) is 15.5. The molecule has 0 aromatic heterocycles. The summed E-state index contributed by atoms with van der Waals surface area (Å²) >= 11 is -1.75. The Kier molecular flexibility index (Phi) is 11.5. The van der Waals surface area contributed by atoms with Gasteiger partial charge in [-0.25, -0.2) is 0 Å². The van der Waals surface area contributed by atoms with Crippen LogP contribution in [0, 0.1) is 0 Å². The molecule has 0 saturated carbocycles. The van der Waals surface area contributed by atoms with Gasteiger partial charge in [0.25, 0.3) is 0 Å². The van der Waals surface area contributed by atoms with Crippen LogP contribution in [0.25, 0.3) is 0 Å². The van der Waals surface area contributed by atoms with Gasteiger partial charge in [0.1, 0.15) is 0 Å². The van der Waals surface area contributed by atoms with Gasteiger partial charge in [0, 0.05) is 10.4 Å². The molecule has 4 nitrogen and oxygen atoms in total. The van der Waals surface area contributed by atoms with Crippen LogP contribution >= 0.6 is 0 Å². The van der Waals surface area contributed by atoms with Crippen molar-refractivity contribution in [3.05, 3.63) is 0 Å². The summed E-state index contributed by atoms with van der Waals surface area (Å²) in [6, 6.07) is 0. The Morgan fingerprint density at radius 1 is 0.667 bits per heavy atom. The first-order valence-corrected chi connectivity index (χ1v) is 20.6. The normalized spacial score (nSPS) is 11.9. The second-order valence-electron chi connectivity index (χ2n) is 5.77. The average Bonchev–Trinajstić information content (AvgIpc) is 1.41. The summed E-state index contributed by atoms with van der Waals surface area (Å²) in [5, 5.41) is 0. The summed E-state index contributed by atoms with van der Waals surface area (Å²) in [6.45, 7) is 0. The molecule has 0 aliphatic carbocycles. The van der Waals surface area contributed by atoms with E-state index in [1.54, 1.807) is 0 Å². The molecule has 0 fully saturated rings. The third kappa shape index (κ3) is 2600. The molecule has 0 radical (unpaired) electrons. The standard InChI is InChI=1S/2C4H12As.H2O4S/c3*1-5(2,3)4/h2*1-4H3;(H2,1,2,3,4)/q2*+1;/p-2. The van der Waals surface area contributed by atoms with Crippen molar-refractivity contribution in [1.29, 1.82) is 0 Å². The Morgan fingerprint density at radius 2 is 0.667 bits per heavy atom. The SMILES string of the molecule is C[As+](C)(C)C.C[As+](C)(C)C.O=S(=O)([O-])[O-]. The molecule has 0 spiro atoms. The van der Waals surface area contributed by atoms with Crippen LogP contribution in [0.3, 0.4) is 0 Å². The maximum absolute atomic E-state index is 8.52. The van der Waals surface area contributed by atoms with Crippen LogP contribution in [0.15, 0.2) is 0 Å². The van der Waals surface area contributed by atoms with Crippen molar-refractivity contribution < 1.29 is 17.5 Å². The predicted molar refractivity (Wildman–Crippen MR) is 68.9 cm³/mol. The quantitative estimate of drug-likeness (QED) is 0.375. The van der Waals surface area contributed by atoms with E-state index >= 15 is 0 Å². The van der Waals surface area contributed by atoms with E-state index in [0.29, 0.717) is 0 Å². The van der Waals surface area contributed by atoms with Crippen LogP contribution in [-0.2, 0) is 10.4 Å². The number of hydrogen-bond donors (Lipinski definition) is 0. The van der Waals surface area contributed by atoms with E-state index in [-0.39, 0.29) is 0 Å². The predicted octanol–water partition coefficient (Wildman–Crippen LogP) is 2.57. The molecule has 0 unspecified atom stereocenters. The van der Waals surface area contributed by atoms with Gasteiger partial charge in [-0.2, -0.15) is 0 Å². The molecule has 0 heterocycles. The van der Waals surface area contributed by atoms with E-state index < -0.39 is 37.5 Å². The fourth-order valence-corrected chi connectivity index (χ4v) is 0. The van der Waals surface area contributed by atoms with Gasteiger partial charge in [-0.1, -0.05) is 0 Å². The molecular weight excluding hydrogens is 342 g/mol. The summed E-state index contributed by atoms with van der Waals surface area (Å²) in [5.74, 6) is 0. The minimum Gasteiger partial charge on any atom is -0.759 e. The Hall–Kier alpha value is 0.987. The fraction of sp³-hybridized carbons (Fsp3) is 1.00. The molecule has 0 rings (SSSR count). The third-order valence-corrected chi connectivity index (χ3v) is 0. The Balaban J connectivity index is -0.000000144. The van der Waals surface area contributed by atoms with Gasteiger partial charge in [0.15, 0.2) is 0 Å². The first-order valence-electron chi connectivity index (χ1n) is 4.24. The van der Waals surface area contributed by atoms with Crippen molar-refractivity contribution in [3.8, 4) is 0 Å². The Labute approximate surface area is 100 Å². The number of rotatable bonds is 0. The van der Waals surface area contributed by atoms with Gasteiger partial charge < -0.3 is 9.11 Å². The summed E-state index contributed by atoms with van der Waals surface area (Å²) < 4.78 is 34.1. The van der Waals surface area contributed by atoms with Gasteiger partial charge >= 0.3 is 72.8 Å². The molecule has 0 aliphatic rings. The zero-order valence-electron chi connectivity index (χ0n) is 10.9. The van der Waals surface area contributed by atoms with Gasteiger partial charge in [-0.05, 0) is 0 Å². The van der Waals surface area contributed by atoms with E-state index in [0.717, 1.165) is 0 Å². The largest absolute Gasteiger partial charge is 0.759 e. The van der Waals surface area contributed by atoms with Crippen molar-refractivity contribution in [2.24, 2.45) is 0 Å². The second-order valence-corrected chi connectivity index (χ2v) is 29.1. The van der Waals surface area contributed by atoms with Gasteiger partial charge in [0.05, 0.1) is 0 Å². The van der Waals surface area contributed by atoms with Gasteiger partial charge in [0.2, 0.25) is 0 Å². The second kappa shape index (κ2) is 8.13. The smallest absolute Gasteiger partial charge is 0.0311 e. The molecule has 0 atom stereocenters. The summed E-state index contributed by atoms with van der Waals surface area (Å²) in [6.07, 6.45) is 0. The van der Waals surface area contributed by atoms with Gasteiger partial charge in [-0.3, -0.25) is 8.42 Å². The molecular formula is C8H24As2O4S. The van der Waals surface area contributed by atoms with Crippen molar-refractivity contribution >= 4 is 37.5 Å². The molecule has 0 bridgehead atoms. The van der Waals surface area contributed by atoms with Crippen LogP contribution in [0.5, 0.6) is 0 Å². The first kappa shape index (κ1) is 21.3. The van der Waals surface area contributed by atoms with Crippen LogP contribution in [0.2, 0.25) is 45.7 Å². The molecule has 0 aromatic carbocycles. The van der Waals surface area contributed by atoms with Crippen molar-refractivity contribution in [1.82, 2.24) is 0 Å². The minimum absolute atomic E-state index is 0.875. The van der Waals surface area contributed by atoms with Gasteiger partial charge in [-0.15, -0.1) is 0 Å². The third-order valence-electron chi connectivity index (χ3n) is 0. The van der Waals surface area contributed by atoms with Crippen LogP contribution in [-0.4, -0.2) is 44.6 Å². The van der Waals surface area contributed by atoms with Crippen LogP contribution in [0.1, 0.15) is 0 Å². The van der Waals surface area contributed by atoms with E-state index in [2.05, 4.69) is 45.7 Å². The maximum atomic E-state index is 8.52. The molecule has 0 amide bonds. The molecule has 0 N–H and O–H groups in total.